The third-order valence-corrected chi connectivity index (χ3v) is 8.35. The zero-order valence-corrected chi connectivity index (χ0v) is 20.1. The second-order valence-electron chi connectivity index (χ2n) is 8.94. The molecule has 5 rings (SSSR count). The molecule has 1 unspecified atom stereocenters. The van der Waals surface area contributed by atoms with Crippen LogP contribution in [0.1, 0.15) is 47.8 Å². The summed E-state index contributed by atoms with van der Waals surface area (Å²) in [5.41, 5.74) is 3.51. The van der Waals surface area contributed by atoms with E-state index in [-0.39, 0.29) is 11.8 Å². The number of carbonyl (C=O) groups excluding carboxylic acids is 1. The molecule has 0 N–H and O–H groups in total. The summed E-state index contributed by atoms with van der Waals surface area (Å²) < 4.78 is 0. The van der Waals surface area contributed by atoms with Gasteiger partial charge in [0.1, 0.15) is 12.1 Å². The average Bonchev–Trinajstić information content (AvgIpc) is 3.48. The van der Waals surface area contributed by atoms with Crippen LogP contribution in [0.2, 0.25) is 5.02 Å². The van der Waals surface area contributed by atoms with E-state index in [1.165, 1.54) is 24.1 Å². The van der Waals surface area contributed by atoms with Crippen LogP contribution < -0.4 is 4.90 Å². The van der Waals surface area contributed by atoms with E-state index in [1.807, 2.05) is 40.9 Å². The first-order valence-electron chi connectivity index (χ1n) is 11.6. The van der Waals surface area contributed by atoms with Gasteiger partial charge in [-0.1, -0.05) is 23.7 Å². The quantitative estimate of drug-likeness (QED) is 0.657. The summed E-state index contributed by atoms with van der Waals surface area (Å²) in [5.74, 6) is 2.11. The molecule has 1 aromatic carbocycles. The summed E-state index contributed by atoms with van der Waals surface area (Å²) in [6.07, 6.45) is 4.14. The lowest BCUT2D eigenvalue weighted by molar-refractivity contribution is -0.133. The van der Waals surface area contributed by atoms with E-state index in [0.717, 1.165) is 62.9 Å². The van der Waals surface area contributed by atoms with E-state index >= 15 is 0 Å². The van der Waals surface area contributed by atoms with Gasteiger partial charge < -0.3 is 14.7 Å². The van der Waals surface area contributed by atoms with E-state index in [9.17, 15) is 4.79 Å². The fourth-order valence-electron chi connectivity index (χ4n) is 5.10. The van der Waals surface area contributed by atoms with Crippen molar-refractivity contribution in [3.8, 4) is 0 Å². The van der Waals surface area contributed by atoms with E-state index in [4.69, 9.17) is 11.6 Å². The molecular formula is C24H30ClN5OS. The van der Waals surface area contributed by atoms with Crippen molar-refractivity contribution in [2.24, 2.45) is 0 Å². The molecule has 3 aliphatic heterocycles. The number of carbonyl (C=O) groups is 1. The zero-order valence-electron chi connectivity index (χ0n) is 18.5. The number of hydrogen-bond donors (Lipinski definition) is 0. The summed E-state index contributed by atoms with van der Waals surface area (Å²) in [5, 5.41) is 1.13. The summed E-state index contributed by atoms with van der Waals surface area (Å²) in [6.45, 7) is 8.26. The number of thioether (sulfide) groups is 1. The standard InChI is InChI=1S/C24H30ClN5OS/c1-17-22-21(15-32-17)26-16-27-23(22)29-10-12-30(13-11-29)24(31)20(14-28-8-2-3-9-28)18-4-6-19(25)7-5-18/h4-7,16-17,20H,2-3,8-15H2,1H3/t17-,20?/m1/s1. The van der Waals surface area contributed by atoms with Crippen molar-refractivity contribution in [2.45, 2.75) is 36.7 Å². The maximum atomic E-state index is 13.7. The predicted octanol–water partition coefficient (Wildman–Crippen LogP) is 3.97. The Balaban J connectivity index is 1.30. The molecule has 0 bridgehead atoms. The summed E-state index contributed by atoms with van der Waals surface area (Å²) in [7, 11) is 0. The van der Waals surface area contributed by atoms with Gasteiger partial charge in [-0.25, -0.2) is 9.97 Å². The molecule has 2 saturated heterocycles. The van der Waals surface area contributed by atoms with Crippen LogP contribution in [0.3, 0.4) is 0 Å². The fourth-order valence-corrected chi connectivity index (χ4v) is 6.27. The monoisotopic (exact) mass is 471 g/mol. The van der Waals surface area contributed by atoms with Crippen molar-refractivity contribution in [1.82, 2.24) is 19.8 Å². The molecule has 4 heterocycles. The van der Waals surface area contributed by atoms with Crippen LogP contribution in [-0.4, -0.2) is 71.5 Å². The molecule has 1 aromatic heterocycles. The minimum absolute atomic E-state index is 0.142. The maximum Gasteiger partial charge on any atom is 0.231 e. The third kappa shape index (κ3) is 4.47. The van der Waals surface area contributed by atoms with E-state index in [1.54, 1.807) is 6.33 Å². The van der Waals surface area contributed by atoms with Gasteiger partial charge in [-0.15, -0.1) is 11.8 Å². The van der Waals surface area contributed by atoms with Gasteiger partial charge in [0.05, 0.1) is 11.6 Å². The highest BCUT2D eigenvalue weighted by molar-refractivity contribution is 7.99. The van der Waals surface area contributed by atoms with Gasteiger partial charge >= 0.3 is 0 Å². The van der Waals surface area contributed by atoms with Crippen LogP contribution in [0.5, 0.6) is 0 Å². The number of aromatic nitrogens is 2. The number of hydrogen-bond acceptors (Lipinski definition) is 6. The van der Waals surface area contributed by atoms with Crippen molar-refractivity contribution < 1.29 is 4.79 Å². The van der Waals surface area contributed by atoms with Crippen LogP contribution in [-0.2, 0) is 10.5 Å². The Bertz CT molecular complexity index is 957. The van der Waals surface area contributed by atoms with E-state index in [2.05, 4.69) is 26.7 Å². The first kappa shape index (κ1) is 22.0. The molecule has 2 fully saturated rings. The SMILES string of the molecule is C[C@H]1SCc2ncnc(N3CCN(C(=O)C(CN4CCCC4)c4ccc(Cl)cc4)CC3)c21. The lowest BCUT2D eigenvalue weighted by Gasteiger charge is -2.38. The van der Waals surface area contributed by atoms with Gasteiger partial charge in [-0.05, 0) is 50.6 Å². The van der Waals surface area contributed by atoms with Gasteiger partial charge in [-0.2, -0.15) is 0 Å². The molecule has 170 valence electrons. The van der Waals surface area contributed by atoms with Gasteiger partial charge in [0.25, 0.3) is 0 Å². The summed E-state index contributed by atoms with van der Waals surface area (Å²) in [4.78, 5) is 29.6. The normalized spacial score (nSPS) is 22.2. The Morgan fingerprint density at radius 3 is 2.53 bits per heavy atom. The predicted molar refractivity (Wildman–Crippen MR) is 130 cm³/mol. The minimum atomic E-state index is -0.142. The van der Waals surface area contributed by atoms with Gasteiger partial charge in [-0.3, -0.25) is 4.79 Å². The van der Waals surface area contributed by atoms with Crippen LogP contribution >= 0.6 is 23.4 Å². The molecule has 2 aromatic rings. The average molecular weight is 472 g/mol. The number of anilines is 1. The van der Waals surface area contributed by atoms with Crippen molar-refractivity contribution in [3.05, 3.63) is 52.4 Å². The lowest BCUT2D eigenvalue weighted by Crippen LogP contribution is -2.51. The summed E-state index contributed by atoms with van der Waals surface area (Å²) in [6, 6.07) is 7.82. The van der Waals surface area contributed by atoms with Gasteiger partial charge in [0.2, 0.25) is 5.91 Å². The second kappa shape index (κ2) is 9.57. The van der Waals surface area contributed by atoms with Gasteiger partial charge in [0.15, 0.2) is 0 Å². The molecule has 3 aliphatic rings. The maximum absolute atomic E-state index is 13.7. The first-order valence-corrected chi connectivity index (χ1v) is 13.0. The van der Waals surface area contributed by atoms with Crippen molar-refractivity contribution in [1.29, 1.82) is 0 Å². The minimum Gasteiger partial charge on any atom is -0.353 e. The Hall–Kier alpha value is -1.83. The number of halogens is 1. The Kier molecular flexibility index (Phi) is 6.58. The highest BCUT2D eigenvalue weighted by atomic mass is 35.5. The molecular weight excluding hydrogens is 442 g/mol. The number of benzene rings is 1. The van der Waals surface area contributed by atoms with Crippen LogP contribution in [0.4, 0.5) is 5.82 Å². The molecule has 2 atom stereocenters. The highest BCUT2D eigenvalue weighted by Crippen LogP contribution is 2.44. The van der Waals surface area contributed by atoms with Crippen LogP contribution in [0.25, 0.3) is 0 Å². The molecule has 1 amide bonds. The van der Waals surface area contributed by atoms with Crippen molar-refractivity contribution >= 4 is 35.1 Å². The Morgan fingerprint density at radius 2 is 1.81 bits per heavy atom. The van der Waals surface area contributed by atoms with Crippen molar-refractivity contribution in [3.63, 3.8) is 0 Å². The number of rotatable bonds is 5. The smallest absolute Gasteiger partial charge is 0.231 e. The van der Waals surface area contributed by atoms with Crippen LogP contribution in [0.15, 0.2) is 30.6 Å². The van der Waals surface area contributed by atoms with E-state index < -0.39 is 0 Å². The molecule has 32 heavy (non-hydrogen) atoms. The molecule has 6 nitrogen and oxygen atoms in total. The largest absolute Gasteiger partial charge is 0.353 e. The number of likely N-dealkylation sites (tertiary alicyclic amines) is 1. The lowest BCUT2D eigenvalue weighted by atomic mass is 9.96. The molecule has 8 heteroatoms. The molecule has 0 saturated carbocycles. The number of fused-ring (bicyclic) bond motifs is 1. The topological polar surface area (TPSA) is 52.6 Å². The molecule has 0 spiro atoms. The number of piperazine rings is 1. The number of nitrogens with zero attached hydrogens (tertiary/aromatic N) is 5. The Morgan fingerprint density at radius 1 is 1.09 bits per heavy atom. The van der Waals surface area contributed by atoms with Gasteiger partial charge in [0, 0.05) is 54.3 Å². The summed E-state index contributed by atoms with van der Waals surface area (Å²) >= 11 is 8.04. The number of amides is 1. The second-order valence-corrected chi connectivity index (χ2v) is 10.7. The van der Waals surface area contributed by atoms with E-state index in [0.29, 0.717) is 10.3 Å². The first-order chi connectivity index (χ1) is 15.6. The zero-order chi connectivity index (χ0) is 22.1. The van der Waals surface area contributed by atoms with Crippen molar-refractivity contribution in [2.75, 3.05) is 50.7 Å². The third-order valence-electron chi connectivity index (χ3n) is 6.92. The molecule has 0 aliphatic carbocycles. The van der Waals surface area contributed by atoms with Crippen LogP contribution in [0, 0.1) is 0 Å². The fraction of sp³-hybridized carbons (Fsp3) is 0.542. The highest BCUT2D eigenvalue weighted by Gasteiger charge is 2.33. The Labute approximate surface area is 199 Å². The molecule has 0 radical (unpaired) electrons.